The zero-order valence-corrected chi connectivity index (χ0v) is 19.8. The third-order valence-electron chi connectivity index (χ3n) is 6.98. The Kier molecular flexibility index (Phi) is 6.70. The van der Waals surface area contributed by atoms with Crippen molar-refractivity contribution in [3.63, 3.8) is 0 Å². The van der Waals surface area contributed by atoms with Crippen molar-refractivity contribution in [3.05, 3.63) is 24.1 Å². The Balaban J connectivity index is 1.60. The van der Waals surface area contributed by atoms with Crippen molar-refractivity contribution in [1.82, 2.24) is 14.8 Å². The van der Waals surface area contributed by atoms with E-state index < -0.39 is 5.54 Å². The van der Waals surface area contributed by atoms with Gasteiger partial charge in [0.1, 0.15) is 11.2 Å². The number of carbonyl (C=O) groups excluding carboxylic acids is 2. The maximum atomic E-state index is 13.7. The zero-order chi connectivity index (χ0) is 22.0. The van der Waals surface area contributed by atoms with E-state index in [4.69, 9.17) is 4.42 Å². The second-order valence-electron chi connectivity index (χ2n) is 9.32. The van der Waals surface area contributed by atoms with Crippen molar-refractivity contribution in [2.24, 2.45) is 5.92 Å². The molecular weight excluding hydrogens is 410 g/mol. The highest BCUT2D eigenvalue weighted by atomic mass is 32.2. The molecule has 1 N–H and O–H groups in total. The first-order valence-corrected chi connectivity index (χ1v) is 12.9. The highest BCUT2D eigenvalue weighted by Gasteiger charge is 2.48. The van der Waals surface area contributed by atoms with E-state index in [9.17, 15) is 9.59 Å². The number of fused-ring (bicyclic) bond motifs is 3. The number of carbonyl (C=O) groups is 2. The monoisotopic (exact) mass is 445 g/mol. The minimum Gasteiger partial charge on any atom is -0.463 e. The molecule has 1 fully saturated rings. The van der Waals surface area contributed by atoms with E-state index in [2.05, 4.69) is 19.2 Å². The van der Waals surface area contributed by atoms with Gasteiger partial charge in [-0.1, -0.05) is 26.7 Å². The van der Waals surface area contributed by atoms with Crippen LogP contribution in [0.15, 0.2) is 22.8 Å². The molecule has 3 atom stereocenters. The van der Waals surface area contributed by atoms with Gasteiger partial charge in [-0.3, -0.25) is 9.59 Å². The molecule has 2 aromatic rings. The number of amides is 2. The first-order chi connectivity index (χ1) is 15.0. The Labute approximate surface area is 189 Å². The number of nitrogens with zero attached hydrogens (tertiary/aromatic N) is 2. The molecule has 1 saturated carbocycles. The second kappa shape index (κ2) is 9.31. The summed E-state index contributed by atoms with van der Waals surface area (Å²) in [7, 11) is 0. The summed E-state index contributed by atoms with van der Waals surface area (Å²) in [5, 5.41) is 3.33. The van der Waals surface area contributed by atoms with Gasteiger partial charge in [0.25, 0.3) is 5.91 Å². The Morgan fingerprint density at radius 1 is 1.32 bits per heavy atom. The van der Waals surface area contributed by atoms with E-state index in [1.165, 1.54) is 6.42 Å². The third-order valence-corrected chi connectivity index (χ3v) is 8.26. The second-order valence-corrected chi connectivity index (χ2v) is 10.5. The molecule has 1 aliphatic carbocycles. The predicted molar refractivity (Wildman–Crippen MR) is 125 cm³/mol. The third kappa shape index (κ3) is 4.26. The average molecular weight is 446 g/mol. The largest absolute Gasteiger partial charge is 0.463 e. The van der Waals surface area contributed by atoms with Crippen molar-refractivity contribution >= 4 is 34.7 Å². The first-order valence-electron chi connectivity index (χ1n) is 11.7. The molecule has 7 heteroatoms. The number of furan rings is 1. The molecular formula is C24H35N3O3S. The Morgan fingerprint density at radius 3 is 2.90 bits per heavy atom. The number of hydrogen-bond donors (Lipinski definition) is 1. The van der Waals surface area contributed by atoms with Crippen LogP contribution < -0.4 is 5.32 Å². The maximum Gasteiger partial charge on any atom is 0.271 e. The molecule has 0 saturated heterocycles. The minimum atomic E-state index is -0.917. The summed E-state index contributed by atoms with van der Waals surface area (Å²) < 4.78 is 7.51. The summed E-state index contributed by atoms with van der Waals surface area (Å²) in [6.07, 6.45) is 8.23. The van der Waals surface area contributed by atoms with Gasteiger partial charge in [-0.2, -0.15) is 11.8 Å². The highest BCUT2D eigenvalue weighted by molar-refractivity contribution is 7.99. The average Bonchev–Trinajstić information content (AvgIpc) is 3.34. The molecule has 31 heavy (non-hydrogen) atoms. The standard InChI is InChI=1S/C24H35N3O3S/c1-4-13-31-14-7-11-27-22(28)20-15-21-19(10-12-30-21)26(20)16-24(27,3)23(29)25-18-9-6-5-8-17(18)2/h10,12,15,17-18H,4-9,11,13-14,16H2,1-3H3,(H,25,29)/t17-,18-,24+/m0/s1. The van der Waals surface area contributed by atoms with E-state index in [1.807, 2.05) is 40.3 Å². The van der Waals surface area contributed by atoms with Crippen LogP contribution in [0.25, 0.3) is 11.1 Å². The van der Waals surface area contributed by atoms with Gasteiger partial charge in [-0.15, -0.1) is 0 Å². The van der Waals surface area contributed by atoms with Crippen molar-refractivity contribution < 1.29 is 14.0 Å². The molecule has 2 amide bonds. The van der Waals surface area contributed by atoms with Crippen molar-refractivity contribution in [2.75, 3.05) is 18.1 Å². The van der Waals surface area contributed by atoms with E-state index in [0.29, 0.717) is 30.3 Å². The molecule has 0 bridgehead atoms. The van der Waals surface area contributed by atoms with Gasteiger partial charge in [-0.25, -0.2) is 0 Å². The van der Waals surface area contributed by atoms with E-state index in [-0.39, 0.29) is 17.9 Å². The molecule has 1 aliphatic heterocycles. The topological polar surface area (TPSA) is 67.5 Å². The number of aromatic nitrogens is 1. The van der Waals surface area contributed by atoms with Gasteiger partial charge < -0.3 is 19.2 Å². The van der Waals surface area contributed by atoms with Crippen molar-refractivity contribution in [3.8, 4) is 0 Å². The molecule has 2 aromatic heterocycles. The van der Waals surface area contributed by atoms with Gasteiger partial charge in [-0.05, 0) is 50.0 Å². The lowest BCUT2D eigenvalue weighted by Crippen LogP contribution is -2.65. The molecule has 0 aromatic carbocycles. The van der Waals surface area contributed by atoms with Crippen molar-refractivity contribution in [2.45, 2.75) is 77.4 Å². The van der Waals surface area contributed by atoms with E-state index in [1.54, 1.807) is 6.26 Å². The van der Waals surface area contributed by atoms with Crippen LogP contribution in [-0.2, 0) is 11.3 Å². The maximum absolute atomic E-state index is 13.7. The number of nitrogens with one attached hydrogen (secondary N) is 1. The number of rotatable bonds is 8. The molecule has 2 aliphatic rings. The summed E-state index contributed by atoms with van der Waals surface area (Å²) >= 11 is 1.91. The molecule has 0 radical (unpaired) electrons. The quantitative estimate of drug-likeness (QED) is 0.599. The summed E-state index contributed by atoms with van der Waals surface area (Å²) in [4.78, 5) is 29.1. The molecule has 170 valence electrons. The fourth-order valence-corrected chi connectivity index (χ4v) is 5.87. The Bertz CT molecular complexity index is 936. The van der Waals surface area contributed by atoms with Crippen LogP contribution in [0.1, 0.15) is 69.8 Å². The normalized spacial score (nSPS) is 26.3. The van der Waals surface area contributed by atoms with Gasteiger partial charge in [0, 0.05) is 24.7 Å². The smallest absolute Gasteiger partial charge is 0.271 e. The number of hydrogen-bond acceptors (Lipinski definition) is 4. The Morgan fingerprint density at radius 2 is 2.13 bits per heavy atom. The van der Waals surface area contributed by atoms with Crippen LogP contribution in [0.2, 0.25) is 0 Å². The fraction of sp³-hybridized carbons (Fsp3) is 0.667. The lowest BCUT2D eigenvalue weighted by atomic mass is 9.85. The molecule has 4 rings (SSSR count). The summed E-state index contributed by atoms with van der Waals surface area (Å²) in [6, 6.07) is 3.89. The fourth-order valence-electron chi connectivity index (χ4n) is 5.05. The highest BCUT2D eigenvalue weighted by Crippen LogP contribution is 2.34. The van der Waals surface area contributed by atoms with Crippen LogP contribution in [0, 0.1) is 5.92 Å². The van der Waals surface area contributed by atoms with Gasteiger partial charge in [0.15, 0.2) is 5.58 Å². The first kappa shape index (κ1) is 22.3. The van der Waals surface area contributed by atoms with Gasteiger partial charge in [0.05, 0.1) is 18.3 Å². The lowest BCUT2D eigenvalue weighted by molar-refractivity contribution is -0.134. The number of thioether (sulfide) groups is 1. The van der Waals surface area contributed by atoms with Gasteiger partial charge >= 0.3 is 0 Å². The predicted octanol–water partition coefficient (Wildman–Crippen LogP) is 4.68. The van der Waals surface area contributed by atoms with Crippen LogP contribution >= 0.6 is 11.8 Å². The minimum absolute atomic E-state index is 0.0307. The summed E-state index contributed by atoms with van der Waals surface area (Å²) in [6.45, 7) is 7.37. The Hall–Kier alpha value is -1.89. The van der Waals surface area contributed by atoms with Crippen LogP contribution in [0.5, 0.6) is 0 Å². The summed E-state index contributed by atoms with van der Waals surface area (Å²) in [5.41, 5.74) is 1.28. The molecule has 6 nitrogen and oxygen atoms in total. The molecule has 0 unspecified atom stereocenters. The van der Waals surface area contributed by atoms with E-state index in [0.717, 1.165) is 49.1 Å². The molecule has 0 spiro atoms. The van der Waals surface area contributed by atoms with Crippen LogP contribution in [0.3, 0.4) is 0 Å². The van der Waals surface area contributed by atoms with Gasteiger partial charge in [0.2, 0.25) is 5.91 Å². The molecule has 3 heterocycles. The van der Waals surface area contributed by atoms with Crippen LogP contribution in [0.4, 0.5) is 0 Å². The zero-order valence-electron chi connectivity index (χ0n) is 19.0. The van der Waals surface area contributed by atoms with Crippen LogP contribution in [-0.4, -0.2) is 50.9 Å². The SMILES string of the molecule is CCCSCCCN1C(=O)c2cc3occc3n2C[C@]1(C)C(=O)N[C@H]1CCCC[C@@H]1C. The van der Waals surface area contributed by atoms with E-state index >= 15 is 0 Å². The van der Waals surface area contributed by atoms with Crippen molar-refractivity contribution in [1.29, 1.82) is 0 Å². The lowest BCUT2D eigenvalue weighted by Gasteiger charge is -2.45. The summed E-state index contributed by atoms with van der Waals surface area (Å²) in [5.74, 6) is 2.49.